The number of thioether (sulfide) groups is 1. The van der Waals surface area contributed by atoms with Gasteiger partial charge in [0.2, 0.25) is 0 Å². The number of halogens is 4. The Hall–Kier alpha value is 0.390. The first-order valence-electron chi connectivity index (χ1n) is 4.03. The van der Waals surface area contributed by atoms with Crippen LogP contribution >= 0.6 is 23.4 Å². The molecule has 0 radical (unpaired) electrons. The minimum Gasteiger partial charge on any atom is -0.316 e. The Balaban J connectivity index is 3.00. The third kappa shape index (κ3) is 12.4. The first kappa shape index (κ1) is 13.4. The summed E-state index contributed by atoms with van der Waals surface area (Å²) >= 11 is 5.43. The molecule has 0 aliphatic heterocycles. The SMILES string of the molecule is FC(F)(F)SCCNCCCCCl. The van der Waals surface area contributed by atoms with E-state index in [0.717, 1.165) is 19.4 Å². The summed E-state index contributed by atoms with van der Waals surface area (Å²) in [7, 11) is 0. The zero-order chi connectivity index (χ0) is 10.2. The average Bonchev–Trinajstić information content (AvgIpc) is 2.01. The smallest absolute Gasteiger partial charge is 0.316 e. The van der Waals surface area contributed by atoms with Crippen LogP contribution in [0.25, 0.3) is 0 Å². The lowest BCUT2D eigenvalue weighted by molar-refractivity contribution is -0.0327. The fraction of sp³-hybridized carbons (Fsp3) is 1.00. The van der Waals surface area contributed by atoms with Crippen LogP contribution in [0.1, 0.15) is 12.8 Å². The van der Waals surface area contributed by atoms with Gasteiger partial charge in [-0.3, -0.25) is 0 Å². The van der Waals surface area contributed by atoms with Crippen molar-refractivity contribution in [3.05, 3.63) is 0 Å². The fourth-order valence-electron chi connectivity index (χ4n) is 0.708. The number of hydrogen-bond acceptors (Lipinski definition) is 2. The molecular formula is C7H13ClF3NS. The first-order valence-corrected chi connectivity index (χ1v) is 5.55. The summed E-state index contributed by atoms with van der Waals surface area (Å²) in [6, 6.07) is 0. The maximum Gasteiger partial charge on any atom is 0.441 e. The highest BCUT2D eigenvalue weighted by molar-refractivity contribution is 8.00. The standard InChI is InChI=1S/C7H13ClF3NS/c8-3-1-2-4-12-5-6-13-7(9,10)11/h12H,1-6H2. The van der Waals surface area contributed by atoms with Crippen LogP contribution in [0, 0.1) is 0 Å². The second-order valence-corrected chi connectivity index (χ2v) is 3.98. The summed E-state index contributed by atoms with van der Waals surface area (Å²) < 4.78 is 34.8. The molecular weight excluding hydrogens is 223 g/mol. The molecule has 0 saturated heterocycles. The molecule has 0 atom stereocenters. The van der Waals surface area contributed by atoms with Crippen LogP contribution in [0.3, 0.4) is 0 Å². The summed E-state index contributed by atoms with van der Waals surface area (Å²) in [5.41, 5.74) is -4.10. The summed E-state index contributed by atoms with van der Waals surface area (Å²) in [5.74, 6) is 0.684. The largest absolute Gasteiger partial charge is 0.441 e. The third-order valence-corrected chi connectivity index (χ3v) is 2.28. The Kier molecular flexibility index (Phi) is 8.00. The zero-order valence-corrected chi connectivity index (χ0v) is 8.74. The third-order valence-electron chi connectivity index (χ3n) is 1.28. The van der Waals surface area contributed by atoms with E-state index in [1.807, 2.05) is 0 Å². The van der Waals surface area contributed by atoms with E-state index in [-0.39, 0.29) is 17.5 Å². The molecule has 1 N–H and O–H groups in total. The van der Waals surface area contributed by atoms with Crippen molar-refractivity contribution in [1.82, 2.24) is 5.32 Å². The molecule has 0 aliphatic carbocycles. The van der Waals surface area contributed by atoms with Crippen LogP contribution in [0.4, 0.5) is 13.2 Å². The molecule has 0 saturated carbocycles. The number of alkyl halides is 4. The summed E-state index contributed by atoms with van der Waals surface area (Å²) in [5, 5.41) is 2.91. The fourth-order valence-corrected chi connectivity index (χ4v) is 1.38. The van der Waals surface area contributed by atoms with Gasteiger partial charge in [-0.05, 0) is 31.1 Å². The van der Waals surface area contributed by atoms with Gasteiger partial charge in [-0.15, -0.1) is 11.6 Å². The molecule has 0 amide bonds. The summed E-state index contributed by atoms with van der Waals surface area (Å²) in [6.07, 6.45) is 1.82. The van der Waals surface area contributed by atoms with E-state index in [1.54, 1.807) is 0 Å². The van der Waals surface area contributed by atoms with E-state index >= 15 is 0 Å². The van der Waals surface area contributed by atoms with E-state index in [9.17, 15) is 13.2 Å². The van der Waals surface area contributed by atoms with Gasteiger partial charge >= 0.3 is 5.51 Å². The maximum atomic E-state index is 11.6. The quantitative estimate of drug-likeness (QED) is 0.538. The van der Waals surface area contributed by atoms with Crippen molar-refractivity contribution < 1.29 is 13.2 Å². The van der Waals surface area contributed by atoms with E-state index in [0.29, 0.717) is 12.4 Å². The molecule has 0 aromatic rings. The number of rotatable bonds is 7. The molecule has 0 heterocycles. The molecule has 0 aliphatic rings. The van der Waals surface area contributed by atoms with Crippen LogP contribution in [0.2, 0.25) is 0 Å². The van der Waals surface area contributed by atoms with Crippen molar-refractivity contribution in [3.63, 3.8) is 0 Å². The Bertz CT molecular complexity index is 121. The van der Waals surface area contributed by atoms with Gasteiger partial charge in [-0.2, -0.15) is 13.2 Å². The van der Waals surface area contributed by atoms with Crippen LogP contribution in [-0.4, -0.2) is 30.2 Å². The highest BCUT2D eigenvalue weighted by atomic mass is 35.5. The Labute approximate surface area is 85.4 Å². The van der Waals surface area contributed by atoms with Crippen molar-refractivity contribution in [3.8, 4) is 0 Å². The van der Waals surface area contributed by atoms with Crippen molar-refractivity contribution in [2.24, 2.45) is 0 Å². The lowest BCUT2D eigenvalue weighted by Crippen LogP contribution is -2.20. The Morgan fingerprint density at radius 2 is 1.85 bits per heavy atom. The minimum atomic E-state index is -4.10. The first-order chi connectivity index (χ1) is 6.06. The molecule has 0 unspecified atom stereocenters. The monoisotopic (exact) mass is 235 g/mol. The van der Waals surface area contributed by atoms with E-state index in [2.05, 4.69) is 5.32 Å². The van der Waals surface area contributed by atoms with Crippen LogP contribution in [0.5, 0.6) is 0 Å². The van der Waals surface area contributed by atoms with Gasteiger partial charge in [0.15, 0.2) is 0 Å². The van der Waals surface area contributed by atoms with Crippen LogP contribution in [0.15, 0.2) is 0 Å². The maximum absolute atomic E-state index is 11.6. The van der Waals surface area contributed by atoms with Gasteiger partial charge in [0, 0.05) is 18.2 Å². The van der Waals surface area contributed by atoms with Gasteiger partial charge in [0.05, 0.1) is 0 Å². The van der Waals surface area contributed by atoms with E-state index < -0.39 is 5.51 Å². The highest BCUT2D eigenvalue weighted by Gasteiger charge is 2.27. The molecule has 80 valence electrons. The van der Waals surface area contributed by atoms with Crippen LogP contribution in [-0.2, 0) is 0 Å². The lowest BCUT2D eigenvalue weighted by atomic mass is 10.3. The second kappa shape index (κ2) is 7.76. The van der Waals surface area contributed by atoms with Gasteiger partial charge in [0.1, 0.15) is 0 Å². The van der Waals surface area contributed by atoms with Crippen molar-refractivity contribution >= 4 is 23.4 Å². The molecule has 0 rings (SSSR count). The second-order valence-electron chi connectivity index (χ2n) is 2.44. The average molecular weight is 236 g/mol. The Morgan fingerprint density at radius 1 is 1.15 bits per heavy atom. The molecule has 13 heavy (non-hydrogen) atoms. The number of unbranched alkanes of at least 4 members (excludes halogenated alkanes) is 1. The zero-order valence-electron chi connectivity index (χ0n) is 7.16. The molecule has 0 fully saturated rings. The van der Waals surface area contributed by atoms with Gasteiger partial charge in [-0.1, -0.05) is 0 Å². The lowest BCUT2D eigenvalue weighted by Gasteiger charge is -2.06. The van der Waals surface area contributed by atoms with Crippen molar-refractivity contribution in [2.75, 3.05) is 24.7 Å². The van der Waals surface area contributed by atoms with Crippen LogP contribution < -0.4 is 5.32 Å². The van der Waals surface area contributed by atoms with Gasteiger partial charge < -0.3 is 5.32 Å². The molecule has 0 aromatic heterocycles. The highest BCUT2D eigenvalue weighted by Crippen LogP contribution is 2.29. The normalized spacial score (nSPS) is 12.0. The molecule has 1 nitrogen and oxygen atoms in total. The van der Waals surface area contributed by atoms with Crippen molar-refractivity contribution in [1.29, 1.82) is 0 Å². The van der Waals surface area contributed by atoms with E-state index in [4.69, 9.17) is 11.6 Å². The molecule has 0 aromatic carbocycles. The predicted molar refractivity (Wildman–Crippen MR) is 51.3 cm³/mol. The van der Waals surface area contributed by atoms with Gasteiger partial charge in [-0.25, -0.2) is 0 Å². The minimum absolute atomic E-state index is 0.00880. The summed E-state index contributed by atoms with van der Waals surface area (Å²) in [4.78, 5) is 0. The Morgan fingerprint density at radius 3 is 2.38 bits per heavy atom. The summed E-state index contributed by atoms with van der Waals surface area (Å²) in [6.45, 7) is 1.14. The predicted octanol–water partition coefficient (Wildman–Crippen LogP) is 2.85. The molecule has 0 spiro atoms. The van der Waals surface area contributed by atoms with Gasteiger partial charge in [0.25, 0.3) is 0 Å². The topological polar surface area (TPSA) is 12.0 Å². The molecule has 0 bridgehead atoms. The molecule has 6 heteroatoms. The van der Waals surface area contributed by atoms with E-state index in [1.165, 1.54) is 0 Å². The number of nitrogens with one attached hydrogen (secondary N) is 1. The van der Waals surface area contributed by atoms with Crippen molar-refractivity contribution in [2.45, 2.75) is 18.3 Å². The number of hydrogen-bond donors (Lipinski definition) is 1.